The van der Waals surface area contributed by atoms with Gasteiger partial charge in [-0.25, -0.2) is 4.98 Å². The van der Waals surface area contributed by atoms with E-state index in [2.05, 4.69) is 41.8 Å². The minimum atomic E-state index is 0.117. The van der Waals surface area contributed by atoms with Crippen molar-refractivity contribution in [3.05, 3.63) is 96.7 Å². The molecule has 0 N–H and O–H groups in total. The second-order valence-corrected chi connectivity index (χ2v) is 8.66. The van der Waals surface area contributed by atoms with Crippen LogP contribution >= 0.6 is 11.8 Å². The highest BCUT2D eigenvalue weighted by molar-refractivity contribution is 7.99. The molecule has 1 amide bonds. The van der Waals surface area contributed by atoms with E-state index in [1.807, 2.05) is 65.7 Å². The van der Waals surface area contributed by atoms with Crippen LogP contribution in [0.5, 0.6) is 0 Å². The smallest absolute Gasteiger partial charge is 0.237 e. The molecule has 0 fully saturated rings. The van der Waals surface area contributed by atoms with Gasteiger partial charge < -0.3 is 4.90 Å². The van der Waals surface area contributed by atoms with Crippen molar-refractivity contribution in [2.75, 3.05) is 10.7 Å². The van der Waals surface area contributed by atoms with E-state index in [1.165, 1.54) is 17.3 Å². The molecule has 2 heterocycles. The van der Waals surface area contributed by atoms with Gasteiger partial charge in [-0.05, 0) is 37.1 Å². The minimum Gasteiger partial charge on any atom is -0.308 e. The predicted molar refractivity (Wildman–Crippen MR) is 127 cm³/mol. The molecule has 0 bridgehead atoms. The lowest BCUT2D eigenvalue weighted by atomic mass is 10.1. The summed E-state index contributed by atoms with van der Waals surface area (Å²) < 4.78 is 2.07. The van der Waals surface area contributed by atoms with Gasteiger partial charge in [-0.1, -0.05) is 78.5 Å². The first-order valence-corrected chi connectivity index (χ1v) is 11.4. The van der Waals surface area contributed by atoms with Crippen LogP contribution in [0.4, 0.5) is 5.69 Å². The van der Waals surface area contributed by atoms with Crippen LogP contribution in [-0.2, 0) is 11.2 Å². The molecule has 1 aromatic heterocycles. The summed E-state index contributed by atoms with van der Waals surface area (Å²) in [4.78, 5) is 20.0. The Morgan fingerprint density at radius 2 is 1.65 bits per heavy atom. The van der Waals surface area contributed by atoms with Gasteiger partial charge in [-0.3, -0.25) is 9.36 Å². The van der Waals surface area contributed by atoms with Gasteiger partial charge in [-0.2, -0.15) is 0 Å². The van der Waals surface area contributed by atoms with E-state index in [4.69, 9.17) is 4.98 Å². The molecule has 1 aliphatic rings. The fourth-order valence-corrected chi connectivity index (χ4v) is 4.98. The Balaban J connectivity index is 1.42. The van der Waals surface area contributed by atoms with Crippen LogP contribution in [0.2, 0.25) is 0 Å². The molecule has 0 saturated heterocycles. The third kappa shape index (κ3) is 3.89. The number of thioether (sulfide) groups is 1. The van der Waals surface area contributed by atoms with Crippen LogP contribution in [0.1, 0.15) is 12.5 Å². The van der Waals surface area contributed by atoms with Crippen molar-refractivity contribution in [2.24, 2.45) is 0 Å². The lowest BCUT2D eigenvalue weighted by molar-refractivity contribution is -0.116. The first kappa shape index (κ1) is 19.6. The van der Waals surface area contributed by atoms with Crippen LogP contribution in [-0.4, -0.2) is 27.3 Å². The highest BCUT2D eigenvalue weighted by Crippen LogP contribution is 2.33. The number of benzene rings is 3. The highest BCUT2D eigenvalue weighted by Gasteiger charge is 2.30. The number of anilines is 1. The molecule has 1 unspecified atom stereocenters. The van der Waals surface area contributed by atoms with Crippen LogP contribution < -0.4 is 4.90 Å². The Labute approximate surface area is 186 Å². The number of hydrogen-bond acceptors (Lipinski definition) is 3. The maximum atomic E-state index is 13.2. The normalized spacial score (nSPS) is 15.1. The Morgan fingerprint density at radius 3 is 2.42 bits per heavy atom. The van der Waals surface area contributed by atoms with E-state index in [-0.39, 0.29) is 11.9 Å². The molecule has 3 aromatic carbocycles. The van der Waals surface area contributed by atoms with E-state index in [0.717, 1.165) is 34.2 Å². The molecule has 0 saturated carbocycles. The van der Waals surface area contributed by atoms with Crippen LogP contribution in [0, 0.1) is 0 Å². The maximum Gasteiger partial charge on any atom is 0.237 e. The zero-order valence-electron chi connectivity index (χ0n) is 17.3. The van der Waals surface area contributed by atoms with Crippen LogP contribution in [0.3, 0.4) is 0 Å². The quantitative estimate of drug-likeness (QED) is 0.390. The summed E-state index contributed by atoms with van der Waals surface area (Å²) in [7, 11) is 0. The number of hydrogen-bond donors (Lipinski definition) is 0. The number of carbonyl (C=O) groups excluding carboxylic acids is 1. The monoisotopic (exact) mass is 425 g/mol. The Hall–Kier alpha value is -3.31. The van der Waals surface area contributed by atoms with E-state index in [0.29, 0.717) is 5.75 Å². The lowest BCUT2D eigenvalue weighted by Gasteiger charge is -2.22. The molecule has 154 valence electrons. The molecule has 4 nitrogen and oxygen atoms in total. The van der Waals surface area contributed by atoms with Gasteiger partial charge in [-0.15, -0.1) is 0 Å². The SMILES string of the molecule is CC1Cc2ccccc2N1C(=O)CSc1nc(-c2ccccc2)cn1-c1ccccc1. The first-order chi connectivity index (χ1) is 15.2. The molecule has 0 aliphatic carbocycles. The third-order valence-corrected chi connectivity index (χ3v) is 6.52. The van der Waals surface area contributed by atoms with Crippen LogP contribution in [0.25, 0.3) is 16.9 Å². The molecule has 5 rings (SSSR count). The first-order valence-electron chi connectivity index (χ1n) is 10.4. The topological polar surface area (TPSA) is 38.1 Å². The molecule has 4 aromatic rings. The standard InChI is InChI=1S/C26H23N3OS/c1-19-16-21-12-8-9-15-24(21)29(19)25(30)18-31-26-27-23(20-10-4-2-5-11-20)17-28(26)22-13-6-3-7-14-22/h2-15,17,19H,16,18H2,1H3. The van der Waals surface area contributed by atoms with E-state index >= 15 is 0 Å². The van der Waals surface area contributed by atoms with Gasteiger partial charge in [0.2, 0.25) is 5.91 Å². The Bertz CT molecular complexity index is 1200. The number of para-hydroxylation sites is 2. The summed E-state index contributed by atoms with van der Waals surface area (Å²) in [5, 5.41) is 0.818. The molecule has 31 heavy (non-hydrogen) atoms. The number of aromatic nitrogens is 2. The van der Waals surface area contributed by atoms with Crippen molar-refractivity contribution in [1.29, 1.82) is 0 Å². The molecular formula is C26H23N3OS. The summed E-state index contributed by atoms with van der Waals surface area (Å²) in [5.41, 5.74) is 5.28. The zero-order valence-corrected chi connectivity index (χ0v) is 18.1. The fraction of sp³-hybridized carbons (Fsp3) is 0.154. The van der Waals surface area contributed by atoms with Gasteiger partial charge in [0.1, 0.15) is 0 Å². The summed E-state index contributed by atoms with van der Waals surface area (Å²) in [6.45, 7) is 2.11. The van der Waals surface area contributed by atoms with Crippen LogP contribution in [0.15, 0.2) is 96.3 Å². The van der Waals surface area contributed by atoms with Gasteiger partial charge in [0.15, 0.2) is 5.16 Å². The zero-order chi connectivity index (χ0) is 21.2. The molecular weight excluding hydrogens is 402 g/mol. The van der Waals surface area contributed by atoms with E-state index in [1.54, 1.807) is 0 Å². The Morgan fingerprint density at radius 1 is 0.968 bits per heavy atom. The van der Waals surface area contributed by atoms with Gasteiger partial charge >= 0.3 is 0 Å². The summed E-state index contributed by atoms with van der Waals surface area (Å²) in [6, 6.07) is 28.7. The van der Waals surface area contributed by atoms with Crippen molar-refractivity contribution < 1.29 is 4.79 Å². The number of rotatable bonds is 5. The van der Waals surface area contributed by atoms with Crippen molar-refractivity contribution in [2.45, 2.75) is 24.5 Å². The number of fused-ring (bicyclic) bond motifs is 1. The van der Waals surface area contributed by atoms with Gasteiger partial charge in [0.05, 0.1) is 11.4 Å². The summed E-state index contributed by atoms with van der Waals surface area (Å²) in [5.74, 6) is 0.461. The number of carbonyl (C=O) groups is 1. The summed E-state index contributed by atoms with van der Waals surface area (Å²) in [6.07, 6.45) is 2.95. The molecule has 0 spiro atoms. The van der Waals surface area contributed by atoms with Crippen molar-refractivity contribution in [1.82, 2.24) is 9.55 Å². The molecule has 1 aliphatic heterocycles. The average molecular weight is 426 g/mol. The molecule has 5 heteroatoms. The van der Waals surface area contributed by atoms with Crippen molar-refractivity contribution >= 4 is 23.4 Å². The second-order valence-electron chi connectivity index (χ2n) is 7.71. The van der Waals surface area contributed by atoms with Crippen molar-refractivity contribution in [3.63, 3.8) is 0 Å². The highest BCUT2D eigenvalue weighted by atomic mass is 32.2. The van der Waals surface area contributed by atoms with E-state index in [9.17, 15) is 4.79 Å². The number of imidazole rings is 1. The summed E-state index contributed by atoms with van der Waals surface area (Å²) >= 11 is 1.49. The van der Waals surface area contributed by atoms with Gasteiger partial charge in [0, 0.05) is 29.2 Å². The molecule has 1 atom stereocenters. The second kappa shape index (κ2) is 8.44. The number of nitrogens with zero attached hydrogens (tertiary/aromatic N) is 3. The largest absolute Gasteiger partial charge is 0.308 e. The fourth-order valence-electron chi connectivity index (χ4n) is 4.13. The van der Waals surface area contributed by atoms with Gasteiger partial charge in [0.25, 0.3) is 0 Å². The van der Waals surface area contributed by atoms with Crippen molar-refractivity contribution in [3.8, 4) is 16.9 Å². The minimum absolute atomic E-state index is 0.117. The predicted octanol–water partition coefficient (Wildman–Crippen LogP) is 5.61. The number of amides is 1. The third-order valence-electron chi connectivity index (χ3n) is 5.58. The Kier molecular flexibility index (Phi) is 5.35. The van der Waals surface area contributed by atoms with E-state index < -0.39 is 0 Å². The maximum absolute atomic E-state index is 13.2. The molecule has 0 radical (unpaired) electrons. The average Bonchev–Trinajstić information content (AvgIpc) is 3.39. The lowest BCUT2D eigenvalue weighted by Crippen LogP contribution is -2.37.